The van der Waals surface area contributed by atoms with E-state index in [1.807, 2.05) is 18.2 Å². The SMILES string of the molecule is C=C(NCc1ccc(CN2Cc3ccc(OCC4CC4)cc3C(F)C2)cc1)C1CCC1. The van der Waals surface area contributed by atoms with Gasteiger partial charge < -0.3 is 10.1 Å². The highest BCUT2D eigenvalue weighted by Gasteiger charge is 2.26. The molecule has 3 nitrogen and oxygen atoms in total. The first-order valence-electron chi connectivity index (χ1n) is 11.8. The van der Waals surface area contributed by atoms with Crippen molar-refractivity contribution in [1.29, 1.82) is 0 Å². The van der Waals surface area contributed by atoms with Crippen LogP contribution in [0.1, 0.15) is 60.5 Å². The Labute approximate surface area is 185 Å². The molecule has 0 radical (unpaired) electrons. The molecule has 164 valence electrons. The molecule has 3 aliphatic rings. The third-order valence-corrected chi connectivity index (χ3v) is 7.00. The van der Waals surface area contributed by atoms with Crippen LogP contribution in [0.4, 0.5) is 4.39 Å². The van der Waals surface area contributed by atoms with Crippen LogP contribution in [-0.4, -0.2) is 18.1 Å². The molecule has 0 amide bonds. The fraction of sp³-hybridized carbons (Fsp3) is 0.481. The third kappa shape index (κ3) is 5.12. The quantitative estimate of drug-likeness (QED) is 0.546. The molecule has 31 heavy (non-hydrogen) atoms. The lowest BCUT2D eigenvalue weighted by Gasteiger charge is -2.31. The number of allylic oxidation sites excluding steroid dienone is 1. The van der Waals surface area contributed by atoms with Gasteiger partial charge in [-0.15, -0.1) is 0 Å². The molecule has 1 unspecified atom stereocenters. The molecule has 2 aromatic carbocycles. The zero-order valence-electron chi connectivity index (χ0n) is 18.3. The molecule has 2 saturated carbocycles. The fourth-order valence-electron chi connectivity index (χ4n) is 4.49. The second-order valence-electron chi connectivity index (χ2n) is 9.58. The minimum absolute atomic E-state index is 0.434. The van der Waals surface area contributed by atoms with E-state index in [0.717, 1.165) is 43.1 Å². The van der Waals surface area contributed by atoms with Crippen molar-refractivity contribution in [3.63, 3.8) is 0 Å². The summed E-state index contributed by atoms with van der Waals surface area (Å²) in [4.78, 5) is 2.20. The van der Waals surface area contributed by atoms with Crippen molar-refractivity contribution in [3.8, 4) is 5.75 Å². The lowest BCUT2D eigenvalue weighted by Crippen LogP contribution is -2.31. The van der Waals surface area contributed by atoms with Crippen LogP contribution in [0.2, 0.25) is 0 Å². The van der Waals surface area contributed by atoms with Crippen molar-refractivity contribution in [3.05, 3.63) is 77.0 Å². The Morgan fingerprint density at radius 2 is 1.84 bits per heavy atom. The monoisotopic (exact) mass is 420 g/mol. The first-order chi connectivity index (χ1) is 15.1. The van der Waals surface area contributed by atoms with Crippen LogP contribution in [0.5, 0.6) is 5.75 Å². The van der Waals surface area contributed by atoms with Gasteiger partial charge in [-0.25, -0.2) is 4.39 Å². The van der Waals surface area contributed by atoms with Gasteiger partial charge in [-0.1, -0.05) is 43.3 Å². The third-order valence-electron chi connectivity index (χ3n) is 7.00. The lowest BCUT2D eigenvalue weighted by atomic mass is 9.83. The van der Waals surface area contributed by atoms with E-state index in [-0.39, 0.29) is 0 Å². The topological polar surface area (TPSA) is 24.5 Å². The maximum atomic E-state index is 14.9. The van der Waals surface area contributed by atoms with Gasteiger partial charge in [0, 0.05) is 31.9 Å². The number of alkyl halides is 1. The van der Waals surface area contributed by atoms with Crippen molar-refractivity contribution in [2.45, 2.75) is 57.9 Å². The van der Waals surface area contributed by atoms with Gasteiger partial charge in [-0.05, 0) is 71.9 Å². The zero-order valence-corrected chi connectivity index (χ0v) is 18.3. The van der Waals surface area contributed by atoms with E-state index in [0.29, 0.717) is 18.4 Å². The molecule has 2 fully saturated rings. The minimum Gasteiger partial charge on any atom is -0.493 e. The smallest absolute Gasteiger partial charge is 0.138 e. The molecular formula is C27H33FN2O. The lowest BCUT2D eigenvalue weighted by molar-refractivity contribution is 0.158. The number of ether oxygens (including phenoxy) is 1. The van der Waals surface area contributed by atoms with E-state index in [1.54, 1.807) is 0 Å². The highest BCUT2D eigenvalue weighted by atomic mass is 19.1. The number of fused-ring (bicyclic) bond motifs is 1. The molecule has 1 aliphatic heterocycles. The summed E-state index contributed by atoms with van der Waals surface area (Å²) in [6, 6.07) is 14.6. The van der Waals surface area contributed by atoms with E-state index >= 15 is 0 Å². The van der Waals surface area contributed by atoms with Crippen LogP contribution < -0.4 is 10.1 Å². The molecule has 1 heterocycles. The summed E-state index contributed by atoms with van der Waals surface area (Å²) in [5.74, 6) is 2.18. The molecule has 0 bridgehead atoms. The van der Waals surface area contributed by atoms with Gasteiger partial charge in [-0.2, -0.15) is 0 Å². The number of rotatable bonds is 9. The molecular weight excluding hydrogens is 387 g/mol. The number of benzene rings is 2. The van der Waals surface area contributed by atoms with E-state index < -0.39 is 6.17 Å². The Bertz CT molecular complexity index is 917. The average molecular weight is 421 g/mol. The van der Waals surface area contributed by atoms with Gasteiger partial charge in [0.15, 0.2) is 0 Å². The minimum atomic E-state index is -0.964. The largest absolute Gasteiger partial charge is 0.493 e. The van der Waals surface area contributed by atoms with Gasteiger partial charge in [0.2, 0.25) is 0 Å². The van der Waals surface area contributed by atoms with Crippen molar-refractivity contribution in [1.82, 2.24) is 10.2 Å². The summed E-state index contributed by atoms with van der Waals surface area (Å²) in [7, 11) is 0. The van der Waals surface area contributed by atoms with Crippen molar-refractivity contribution >= 4 is 0 Å². The summed E-state index contributed by atoms with van der Waals surface area (Å²) in [6.45, 7) is 7.75. The maximum absolute atomic E-state index is 14.9. The molecule has 2 aliphatic carbocycles. The van der Waals surface area contributed by atoms with Gasteiger partial charge in [0.1, 0.15) is 11.9 Å². The number of halogens is 1. The van der Waals surface area contributed by atoms with Crippen LogP contribution in [0, 0.1) is 11.8 Å². The van der Waals surface area contributed by atoms with Gasteiger partial charge >= 0.3 is 0 Å². The van der Waals surface area contributed by atoms with Crippen molar-refractivity contribution in [2.75, 3.05) is 13.2 Å². The Kier molecular flexibility index (Phi) is 5.99. The van der Waals surface area contributed by atoms with E-state index in [2.05, 4.69) is 41.1 Å². The van der Waals surface area contributed by atoms with E-state index in [4.69, 9.17) is 4.74 Å². The molecule has 1 atom stereocenters. The van der Waals surface area contributed by atoms with Crippen LogP contribution in [-0.2, 0) is 19.6 Å². The summed E-state index contributed by atoms with van der Waals surface area (Å²) in [5, 5.41) is 3.48. The first kappa shape index (κ1) is 20.6. The standard InChI is InChI=1S/C27H33FN2O/c1-19(23-3-2-4-23)29-14-20-5-7-21(8-6-20)15-30-16-24-11-12-25(31-18-22-9-10-22)13-26(24)27(28)17-30/h5-8,11-13,22-23,27,29H,1-4,9-10,14-18H2. The van der Waals surface area contributed by atoms with Crippen LogP contribution in [0.25, 0.3) is 0 Å². The average Bonchev–Trinajstić information content (AvgIpc) is 3.55. The molecule has 4 heteroatoms. The van der Waals surface area contributed by atoms with E-state index in [1.165, 1.54) is 48.9 Å². The summed E-state index contributed by atoms with van der Waals surface area (Å²) < 4.78 is 20.8. The Balaban J connectivity index is 1.15. The Morgan fingerprint density at radius 1 is 1.06 bits per heavy atom. The van der Waals surface area contributed by atoms with Gasteiger partial charge in [-0.3, -0.25) is 4.90 Å². The molecule has 1 N–H and O–H groups in total. The number of hydrogen-bond donors (Lipinski definition) is 1. The number of nitrogens with zero attached hydrogens (tertiary/aromatic N) is 1. The van der Waals surface area contributed by atoms with Crippen molar-refractivity contribution < 1.29 is 9.13 Å². The zero-order chi connectivity index (χ0) is 21.2. The Morgan fingerprint density at radius 3 is 2.55 bits per heavy atom. The molecule has 5 rings (SSSR count). The fourth-order valence-corrected chi connectivity index (χ4v) is 4.49. The predicted octanol–water partition coefficient (Wildman–Crippen LogP) is 5.91. The normalized spacial score (nSPS) is 21.3. The van der Waals surface area contributed by atoms with E-state index in [9.17, 15) is 4.39 Å². The van der Waals surface area contributed by atoms with Crippen LogP contribution in [0.15, 0.2) is 54.7 Å². The second-order valence-corrected chi connectivity index (χ2v) is 9.58. The molecule has 0 aromatic heterocycles. The molecule has 2 aromatic rings. The van der Waals surface area contributed by atoms with Gasteiger partial charge in [0.05, 0.1) is 6.61 Å². The highest BCUT2D eigenvalue weighted by Crippen LogP contribution is 2.35. The maximum Gasteiger partial charge on any atom is 0.138 e. The van der Waals surface area contributed by atoms with Crippen LogP contribution in [0.3, 0.4) is 0 Å². The van der Waals surface area contributed by atoms with Crippen molar-refractivity contribution in [2.24, 2.45) is 11.8 Å². The summed E-state index contributed by atoms with van der Waals surface area (Å²) in [6.07, 6.45) is 5.44. The second kappa shape index (κ2) is 9.04. The highest BCUT2D eigenvalue weighted by molar-refractivity contribution is 5.39. The van der Waals surface area contributed by atoms with Gasteiger partial charge in [0.25, 0.3) is 0 Å². The molecule has 0 spiro atoms. The first-order valence-corrected chi connectivity index (χ1v) is 11.8. The number of hydrogen-bond acceptors (Lipinski definition) is 3. The predicted molar refractivity (Wildman–Crippen MR) is 122 cm³/mol. The summed E-state index contributed by atoms with van der Waals surface area (Å²) in [5.41, 5.74) is 5.54. The van der Waals surface area contributed by atoms with Crippen LogP contribution >= 0.6 is 0 Å². The number of nitrogens with one attached hydrogen (secondary N) is 1. The Hall–Kier alpha value is -2.33. The summed E-state index contributed by atoms with van der Waals surface area (Å²) >= 11 is 0. The molecule has 0 saturated heterocycles.